The van der Waals surface area contributed by atoms with Gasteiger partial charge in [-0.25, -0.2) is 0 Å². The van der Waals surface area contributed by atoms with E-state index in [1.165, 1.54) is 0 Å². The highest BCUT2D eigenvalue weighted by molar-refractivity contribution is 5.32. The number of rotatable bonds is 8. The first kappa shape index (κ1) is 14.8. The molecule has 1 rings (SSSR count). The SMILES string of the molecule is COc1cccc(OC(C)OCCOC(C)C)c1. The summed E-state index contributed by atoms with van der Waals surface area (Å²) >= 11 is 0. The lowest BCUT2D eigenvalue weighted by atomic mass is 10.3. The Morgan fingerprint density at radius 3 is 2.33 bits per heavy atom. The molecule has 0 amide bonds. The molecule has 0 saturated carbocycles. The molecule has 1 aromatic carbocycles. The number of ether oxygens (including phenoxy) is 4. The maximum atomic E-state index is 5.61. The first-order valence-electron chi connectivity index (χ1n) is 6.15. The predicted molar refractivity (Wildman–Crippen MR) is 70.1 cm³/mol. The van der Waals surface area contributed by atoms with Gasteiger partial charge < -0.3 is 18.9 Å². The minimum absolute atomic E-state index is 0.225. The molecule has 0 fully saturated rings. The van der Waals surface area contributed by atoms with E-state index in [4.69, 9.17) is 18.9 Å². The van der Waals surface area contributed by atoms with E-state index in [9.17, 15) is 0 Å². The van der Waals surface area contributed by atoms with Gasteiger partial charge in [-0.05, 0) is 32.9 Å². The fraction of sp³-hybridized carbons (Fsp3) is 0.571. The monoisotopic (exact) mass is 254 g/mol. The van der Waals surface area contributed by atoms with Crippen molar-refractivity contribution in [3.8, 4) is 11.5 Å². The quantitative estimate of drug-likeness (QED) is 0.528. The van der Waals surface area contributed by atoms with E-state index in [1.54, 1.807) is 7.11 Å². The largest absolute Gasteiger partial charge is 0.497 e. The van der Waals surface area contributed by atoms with Crippen LogP contribution >= 0.6 is 0 Å². The zero-order valence-electron chi connectivity index (χ0n) is 11.5. The third-order valence-electron chi connectivity index (χ3n) is 2.23. The first-order valence-corrected chi connectivity index (χ1v) is 6.15. The molecule has 0 N–H and O–H groups in total. The molecule has 0 spiro atoms. The Hall–Kier alpha value is -1.26. The van der Waals surface area contributed by atoms with Crippen LogP contribution in [0.25, 0.3) is 0 Å². The number of methoxy groups -OCH3 is 1. The lowest BCUT2D eigenvalue weighted by Gasteiger charge is -2.16. The van der Waals surface area contributed by atoms with Gasteiger partial charge in [0, 0.05) is 6.07 Å². The van der Waals surface area contributed by atoms with Gasteiger partial charge in [0.15, 0.2) is 6.29 Å². The standard InChI is InChI=1S/C14H22O4/c1-11(2)16-8-9-17-12(3)18-14-7-5-6-13(10-14)15-4/h5-7,10-12H,8-9H2,1-4H3. The molecule has 18 heavy (non-hydrogen) atoms. The van der Waals surface area contributed by atoms with Gasteiger partial charge in [-0.15, -0.1) is 0 Å². The summed E-state index contributed by atoms with van der Waals surface area (Å²) < 4.78 is 21.6. The van der Waals surface area contributed by atoms with Crippen LogP contribution in [0.3, 0.4) is 0 Å². The van der Waals surface area contributed by atoms with Crippen molar-refractivity contribution in [1.29, 1.82) is 0 Å². The zero-order chi connectivity index (χ0) is 13.4. The van der Waals surface area contributed by atoms with E-state index >= 15 is 0 Å². The number of hydrogen-bond acceptors (Lipinski definition) is 4. The van der Waals surface area contributed by atoms with Crippen LogP contribution in [0, 0.1) is 0 Å². The minimum atomic E-state index is -0.312. The second-order valence-electron chi connectivity index (χ2n) is 4.15. The highest BCUT2D eigenvalue weighted by Gasteiger charge is 2.05. The summed E-state index contributed by atoms with van der Waals surface area (Å²) in [5, 5.41) is 0. The van der Waals surface area contributed by atoms with Crippen LogP contribution in [0.5, 0.6) is 11.5 Å². The molecule has 102 valence electrons. The van der Waals surface area contributed by atoms with Gasteiger partial charge in [0.05, 0.1) is 26.4 Å². The average molecular weight is 254 g/mol. The third-order valence-corrected chi connectivity index (χ3v) is 2.23. The molecular weight excluding hydrogens is 232 g/mol. The van der Waals surface area contributed by atoms with Crippen LogP contribution < -0.4 is 9.47 Å². The molecule has 0 aliphatic heterocycles. The van der Waals surface area contributed by atoms with E-state index in [-0.39, 0.29) is 12.4 Å². The minimum Gasteiger partial charge on any atom is -0.497 e. The van der Waals surface area contributed by atoms with Gasteiger partial charge in [0.2, 0.25) is 0 Å². The molecule has 1 aromatic rings. The lowest BCUT2D eigenvalue weighted by molar-refractivity contribution is -0.0886. The van der Waals surface area contributed by atoms with Gasteiger partial charge >= 0.3 is 0 Å². The fourth-order valence-corrected chi connectivity index (χ4v) is 1.40. The smallest absolute Gasteiger partial charge is 0.197 e. The number of benzene rings is 1. The van der Waals surface area contributed by atoms with Crippen molar-refractivity contribution < 1.29 is 18.9 Å². The molecule has 0 heterocycles. The molecule has 1 unspecified atom stereocenters. The molecule has 0 aromatic heterocycles. The Labute approximate surface area is 109 Å². The van der Waals surface area contributed by atoms with Gasteiger partial charge in [0.25, 0.3) is 0 Å². The second-order valence-corrected chi connectivity index (χ2v) is 4.15. The highest BCUT2D eigenvalue weighted by Crippen LogP contribution is 2.20. The highest BCUT2D eigenvalue weighted by atomic mass is 16.7. The normalized spacial score (nSPS) is 12.5. The van der Waals surface area contributed by atoms with Crippen molar-refractivity contribution in [3.05, 3.63) is 24.3 Å². The Bertz CT molecular complexity index is 338. The molecule has 0 aliphatic rings. The van der Waals surface area contributed by atoms with Crippen molar-refractivity contribution >= 4 is 0 Å². The van der Waals surface area contributed by atoms with Crippen molar-refractivity contribution in [2.24, 2.45) is 0 Å². The maximum absolute atomic E-state index is 5.61. The van der Waals surface area contributed by atoms with E-state index in [1.807, 2.05) is 45.0 Å². The Kier molecular flexibility index (Phi) is 6.54. The Morgan fingerprint density at radius 1 is 1.00 bits per heavy atom. The van der Waals surface area contributed by atoms with Gasteiger partial charge in [0.1, 0.15) is 11.5 Å². The Morgan fingerprint density at radius 2 is 1.67 bits per heavy atom. The van der Waals surface area contributed by atoms with Crippen molar-refractivity contribution in [3.63, 3.8) is 0 Å². The van der Waals surface area contributed by atoms with Crippen LogP contribution in [-0.4, -0.2) is 32.7 Å². The van der Waals surface area contributed by atoms with Crippen molar-refractivity contribution in [2.45, 2.75) is 33.2 Å². The molecule has 1 atom stereocenters. The van der Waals surface area contributed by atoms with Crippen molar-refractivity contribution in [2.75, 3.05) is 20.3 Å². The Balaban J connectivity index is 2.28. The van der Waals surface area contributed by atoms with Crippen LogP contribution in [0.4, 0.5) is 0 Å². The van der Waals surface area contributed by atoms with E-state index in [0.29, 0.717) is 13.2 Å². The van der Waals surface area contributed by atoms with Crippen LogP contribution in [0.15, 0.2) is 24.3 Å². The van der Waals surface area contributed by atoms with E-state index in [0.717, 1.165) is 11.5 Å². The third kappa shape index (κ3) is 5.89. The summed E-state index contributed by atoms with van der Waals surface area (Å²) in [6.07, 6.45) is -0.0870. The fourth-order valence-electron chi connectivity index (χ4n) is 1.40. The summed E-state index contributed by atoms with van der Waals surface area (Å²) in [6, 6.07) is 7.44. The van der Waals surface area contributed by atoms with Crippen LogP contribution in [-0.2, 0) is 9.47 Å². The molecule has 4 nitrogen and oxygen atoms in total. The summed E-state index contributed by atoms with van der Waals surface area (Å²) in [5.74, 6) is 1.49. The summed E-state index contributed by atoms with van der Waals surface area (Å²) in [4.78, 5) is 0. The molecule has 4 heteroatoms. The van der Waals surface area contributed by atoms with E-state index < -0.39 is 0 Å². The average Bonchev–Trinajstić information content (AvgIpc) is 2.34. The molecule has 0 radical (unpaired) electrons. The summed E-state index contributed by atoms with van der Waals surface area (Å²) in [5.41, 5.74) is 0. The maximum Gasteiger partial charge on any atom is 0.197 e. The topological polar surface area (TPSA) is 36.9 Å². The molecule has 0 bridgehead atoms. The summed E-state index contributed by atoms with van der Waals surface area (Å²) in [7, 11) is 1.63. The van der Waals surface area contributed by atoms with Crippen LogP contribution in [0.1, 0.15) is 20.8 Å². The van der Waals surface area contributed by atoms with Crippen molar-refractivity contribution in [1.82, 2.24) is 0 Å². The van der Waals surface area contributed by atoms with Crippen LogP contribution in [0.2, 0.25) is 0 Å². The lowest BCUT2D eigenvalue weighted by Crippen LogP contribution is -2.20. The zero-order valence-corrected chi connectivity index (χ0v) is 11.5. The molecular formula is C14H22O4. The number of hydrogen-bond donors (Lipinski definition) is 0. The summed E-state index contributed by atoms with van der Waals surface area (Å²) in [6.45, 7) is 6.94. The first-order chi connectivity index (χ1) is 8.61. The molecule has 0 saturated heterocycles. The van der Waals surface area contributed by atoms with Gasteiger partial charge in [-0.1, -0.05) is 6.07 Å². The van der Waals surface area contributed by atoms with E-state index in [2.05, 4.69) is 0 Å². The predicted octanol–water partition coefficient (Wildman–Crippen LogP) is 2.86. The molecule has 0 aliphatic carbocycles. The van der Waals surface area contributed by atoms with Gasteiger partial charge in [-0.3, -0.25) is 0 Å². The van der Waals surface area contributed by atoms with Gasteiger partial charge in [-0.2, -0.15) is 0 Å². The second kappa shape index (κ2) is 7.95.